The number of nitrogens with one attached hydrogen (secondary N) is 1. The molecule has 5 N–H and O–H groups in total. The van der Waals surface area contributed by atoms with E-state index in [1.807, 2.05) is 6.07 Å². The molecule has 2 heterocycles. The van der Waals surface area contributed by atoms with Crippen molar-refractivity contribution in [3.05, 3.63) is 39.2 Å². The molecule has 1 aromatic rings. The van der Waals surface area contributed by atoms with Crippen LogP contribution in [0.5, 0.6) is 0 Å². The number of hydrogen-bond acceptors (Lipinski definition) is 4. The summed E-state index contributed by atoms with van der Waals surface area (Å²) in [5.41, 5.74) is 9.43. The minimum atomic E-state index is -0.833. The van der Waals surface area contributed by atoms with Gasteiger partial charge in [-0.2, -0.15) is 0 Å². The molecule has 1 aromatic heterocycles. The van der Waals surface area contributed by atoms with Crippen LogP contribution in [0.15, 0.2) is 23.4 Å². The zero-order valence-electron chi connectivity index (χ0n) is 10.9. The highest BCUT2D eigenvalue weighted by atomic mass is 35.5. The van der Waals surface area contributed by atoms with Crippen LogP contribution < -0.4 is 16.8 Å². The van der Waals surface area contributed by atoms with Gasteiger partial charge in [0.25, 0.3) is 5.96 Å². The third-order valence-electron chi connectivity index (χ3n) is 2.30. The number of aromatic nitrogens is 1. The van der Waals surface area contributed by atoms with Crippen molar-refractivity contribution in [1.29, 1.82) is 0 Å². The van der Waals surface area contributed by atoms with E-state index >= 15 is 0 Å². The van der Waals surface area contributed by atoms with Gasteiger partial charge in [0.1, 0.15) is 10.3 Å². The van der Waals surface area contributed by atoms with Crippen LogP contribution in [0, 0.1) is 10.1 Å². The highest BCUT2D eigenvalue weighted by Crippen LogP contribution is 2.09. The predicted octanol–water partition coefficient (Wildman–Crippen LogP) is -0.288. The first-order valence-corrected chi connectivity index (χ1v) is 6.13. The van der Waals surface area contributed by atoms with Gasteiger partial charge in [0, 0.05) is 25.8 Å². The van der Waals surface area contributed by atoms with Crippen LogP contribution in [0.4, 0.5) is 4.79 Å². The number of hydrogen-bond donors (Lipinski definition) is 3. The molecule has 0 spiro atoms. The predicted molar refractivity (Wildman–Crippen MR) is 75.9 cm³/mol. The number of nitro groups is 1. The van der Waals surface area contributed by atoms with Crippen LogP contribution in [0.2, 0.25) is 5.15 Å². The topological polar surface area (TPSA) is 153 Å². The lowest BCUT2D eigenvalue weighted by Gasteiger charge is -2.14. The maximum absolute atomic E-state index is 10.3. The van der Waals surface area contributed by atoms with E-state index in [0.29, 0.717) is 24.8 Å². The Morgan fingerprint density at radius 1 is 1.57 bits per heavy atom. The summed E-state index contributed by atoms with van der Waals surface area (Å²) in [7, 11) is 0. The molecule has 0 aliphatic carbocycles. The number of pyridine rings is 1. The van der Waals surface area contributed by atoms with E-state index in [2.05, 4.69) is 26.9 Å². The van der Waals surface area contributed by atoms with Gasteiger partial charge in [-0.05, 0) is 11.6 Å². The minimum absolute atomic E-state index is 0.282. The average molecular weight is 316 g/mol. The number of urea groups is 1. The van der Waals surface area contributed by atoms with Crippen LogP contribution in [0.25, 0.3) is 0 Å². The number of amides is 2. The lowest BCUT2D eigenvalue weighted by Crippen LogP contribution is -2.30. The lowest BCUT2D eigenvalue weighted by atomic mass is 10.3. The van der Waals surface area contributed by atoms with Gasteiger partial charge in [-0.1, -0.05) is 17.7 Å². The zero-order chi connectivity index (χ0) is 15.8. The monoisotopic (exact) mass is 315 g/mol. The molecular weight excluding hydrogens is 302 g/mol. The summed E-state index contributed by atoms with van der Waals surface area (Å²) < 4.78 is 0. The highest BCUT2D eigenvalue weighted by molar-refractivity contribution is 6.29. The molecule has 1 saturated heterocycles. The van der Waals surface area contributed by atoms with Crippen LogP contribution in [0.1, 0.15) is 5.56 Å². The molecule has 1 aliphatic heterocycles. The summed E-state index contributed by atoms with van der Waals surface area (Å²) in [5, 5.41) is 16.2. The number of carbonyl (C=O) groups is 1. The van der Waals surface area contributed by atoms with Gasteiger partial charge < -0.3 is 21.7 Å². The first kappa shape index (κ1) is 16.4. The second kappa shape index (κ2) is 7.85. The van der Waals surface area contributed by atoms with Crippen LogP contribution in [0.3, 0.4) is 0 Å². The molecule has 21 heavy (non-hydrogen) atoms. The van der Waals surface area contributed by atoms with Crippen molar-refractivity contribution in [2.75, 3.05) is 13.1 Å². The Labute approximate surface area is 124 Å². The molecule has 114 valence electrons. The van der Waals surface area contributed by atoms with Gasteiger partial charge >= 0.3 is 6.03 Å². The molecule has 1 fully saturated rings. The fourth-order valence-electron chi connectivity index (χ4n) is 1.57. The number of guanidine groups is 1. The number of halogens is 1. The van der Waals surface area contributed by atoms with E-state index < -0.39 is 11.1 Å². The largest absolute Gasteiger partial charge is 0.352 e. The summed E-state index contributed by atoms with van der Waals surface area (Å²) in [4.78, 5) is 25.1. The Balaban J connectivity index is 0.000000491. The SMILES string of the molecule is NC(N)=O.O=[N+]([O-])/N=C1\NCCN1Cc1ccc(Cl)nc1. The van der Waals surface area contributed by atoms with Crippen molar-refractivity contribution in [3.8, 4) is 0 Å². The van der Waals surface area contributed by atoms with Crippen molar-refractivity contribution >= 4 is 23.6 Å². The summed E-state index contributed by atoms with van der Waals surface area (Å²) in [6, 6.07) is 2.68. The van der Waals surface area contributed by atoms with E-state index in [1.54, 1.807) is 17.2 Å². The van der Waals surface area contributed by atoms with Gasteiger partial charge in [-0.15, -0.1) is 0 Å². The number of rotatable bonds is 3. The molecule has 0 bridgehead atoms. The minimum Gasteiger partial charge on any atom is -0.352 e. The molecule has 10 nitrogen and oxygen atoms in total. The molecule has 2 rings (SSSR count). The molecule has 1 aliphatic rings. The maximum atomic E-state index is 10.3. The molecule has 0 unspecified atom stereocenters. The Morgan fingerprint density at radius 3 is 2.76 bits per heavy atom. The van der Waals surface area contributed by atoms with Gasteiger partial charge in [0.15, 0.2) is 5.03 Å². The van der Waals surface area contributed by atoms with E-state index in [1.165, 1.54) is 0 Å². The van der Waals surface area contributed by atoms with Crippen molar-refractivity contribution in [2.45, 2.75) is 6.54 Å². The normalized spacial score (nSPS) is 15.1. The number of nitrogens with two attached hydrogens (primary N) is 2. The fourth-order valence-corrected chi connectivity index (χ4v) is 1.68. The second-order valence-corrected chi connectivity index (χ2v) is 4.29. The van der Waals surface area contributed by atoms with Crippen LogP contribution in [-0.2, 0) is 6.54 Å². The molecule has 0 saturated carbocycles. The molecule has 0 aromatic carbocycles. The standard InChI is InChI=1S/C9H10ClN5O2.CH4N2O/c10-8-2-1-7(5-12-8)6-14-4-3-11-9(14)13-15(16)17;2-1(3)4/h1-2,5H,3-4,6H2,(H,11,13);(H4,2,3,4). The van der Waals surface area contributed by atoms with Crippen molar-refractivity contribution < 1.29 is 9.83 Å². The lowest BCUT2D eigenvalue weighted by molar-refractivity contribution is -0.485. The first-order valence-electron chi connectivity index (χ1n) is 5.75. The quantitative estimate of drug-likeness (QED) is 0.396. The van der Waals surface area contributed by atoms with Gasteiger partial charge in [0.2, 0.25) is 0 Å². The number of hydrazone groups is 1. The van der Waals surface area contributed by atoms with Gasteiger partial charge in [-0.3, -0.25) is 0 Å². The molecule has 0 atom stereocenters. The summed E-state index contributed by atoms with van der Waals surface area (Å²) in [6.45, 7) is 1.84. The number of primary amides is 2. The molecule has 0 radical (unpaired) electrons. The Bertz CT molecular complexity index is 530. The zero-order valence-corrected chi connectivity index (χ0v) is 11.7. The third-order valence-corrected chi connectivity index (χ3v) is 2.53. The first-order chi connectivity index (χ1) is 9.88. The Morgan fingerprint density at radius 2 is 2.24 bits per heavy atom. The second-order valence-electron chi connectivity index (χ2n) is 3.90. The van der Waals surface area contributed by atoms with E-state index in [0.717, 1.165) is 5.56 Å². The maximum Gasteiger partial charge on any atom is 0.309 e. The van der Waals surface area contributed by atoms with Crippen molar-refractivity contribution in [3.63, 3.8) is 0 Å². The molecule has 2 amide bonds. The third kappa shape index (κ3) is 6.38. The van der Waals surface area contributed by atoms with Gasteiger partial charge in [0.05, 0.1) is 0 Å². The smallest absolute Gasteiger partial charge is 0.309 e. The number of carbonyl (C=O) groups excluding carboxylic acids is 1. The average Bonchev–Trinajstić information content (AvgIpc) is 2.78. The Hall–Kier alpha value is -2.62. The summed E-state index contributed by atoms with van der Waals surface area (Å²) >= 11 is 5.68. The van der Waals surface area contributed by atoms with Gasteiger partial charge in [-0.25, -0.2) is 19.9 Å². The van der Waals surface area contributed by atoms with Crippen molar-refractivity contribution in [2.24, 2.45) is 16.6 Å². The fraction of sp³-hybridized carbons (Fsp3) is 0.300. The Kier molecular flexibility index (Phi) is 6.14. The van der Waals surface area contributed by atoms with Crippen LogP contribution >= 0.6 is 11.6 Å². The van der Waals surface area contributed by atoms with E-state index in [9.17, 15) is 10.1 Å². The number of nitrogens with zero attached hydrogens (tertiary/aromatic N) is 4. The van der Waals surface area contributed by atoms with E-state index in [-0.39, 0.29) is 5.96 Å². The van der Waals surface area contributed by atoms with Crippen molar-refractivity contribution in [1.82, 2.24) is 15.2 Å². The molecule has 11 heteroatoms. The van der Waals surface area contributed by atoms with E-state index in [4.69, 9.17) is 16.4 Å². The van der Waals surface area contributed by atoms with Crippen LogP contribution in [-0.4, -0.2) is 40.0 Å². The summed E-state index contributed by atoms with van der Waals surface area (Å²) in [5.74, 6) is 0.282. The molecular formula is C10H14ClN7O3. The highest BCUT2D eigenvalue weighted by Gasteiger charge is 2.21. The summed E-state index contributed by atoms with van der Waals surface area (Å²) in [6.07, 6.45) is 1.64.